The summed E-state index contributed by atoms with van der Waals surface area (Å²) in [7, 11) is 1.59. The van der Waals surface area contributed by atoms with Crippen LogP contribution in [0.5, 0.6) is 0 Å². The molecule has 0 saturated carbocycles. The second-order valence-electron chi connectivity index (χ2n) is 5.44. The van der Waals surface area contributed by atoms with Gasteiger partial charge in [-0.3, -0.25) is 9.69 Å². The van der Waals surface area contributed by atoms with Gasteiger partial charge in [-0.2, -0.15) is 0 Å². The minimum absolute atomic E-state index is 0.0667. The number of pyridine rings is 1. The quantitative estimate of drug-likeness (QED) is 0.842. The smallest absolute Gasteiger partial charge is 0.415 e. The lowest BCUT2D eigenvalue weighted by Crippen LogP contribution is -2.34. The van der Waals surface area contributed by atoms with Gasteiger partial charge >= 0.3 is 6.09 Å². The van der Waals surface area contributed by atoms with Crippen LogP contribution in [0.25, 0.3) is 0 Å². The molecule has 0 aliphatic heterocycles. The molecule has 0 aromatic carbocycles. The summed E-state index contributed by atoms with van der Waals surface area (Å²) in [6.45, 7) is 6.94. The highest BCUT2D eigenvalue weighted by atomic mass is 16.6. The van der Waals surface area contributed by atoms with Crippen molar-refractivity contribution in [2.24, 2.45) is 0 Å². The molecule has 1 rings (SSSR count). The lowest BCUT2D eigenvalue weighted by Gasteiger charge is -2.24. The first kappa shape index (κ1) is 15.1. The summed E-state index contributed by atoms with van der Waals surface area (Å²) in [6, 6.07) is 3.47. The van der Waals surface area contributed by atoms with Crippen LogP contribution in [0.4, 0.5) is 10.6 Å². The number of carbonyl (C=O) groups excluding carboxylic acids is 2. The molecule has 0 aliphatic carbocycles. The molecule has 0 N–H and O–H groups in total. The van der Waals surface area contributed by atoms with Gasteiger partial charge in [0.05, 0.1) is 0 Å². The summed E-state index contributed by atoms with van der Waals surface area (Å²) >= 11 is 0. The topological polar surface area (TPSA) is 59.5 Å². The molecule has 0 atom stereocenters. The minimum Gasteiger partial charge on any atom is -0.443 e. The van der Waals surface area contributed by atoms with E-state index in [2.05, 4.69) is 4.98 Å². The number of anilines is 1. The van der Waals surface area contributed by atoms with Gasteiger partial charge in [-0.15, -0.1) is 0 Å². The Morgan fingerprint density at radius 2 is 2.00 bits per heavy atom. The normalized spacial score (nSPS) is 11.0. The Labute approximate surface area is 113 Å². The zero-order valence-electron chi connectivity index (χ0n) is 12.1. The van der Waals surface area contributed by atoms with Gasteiger partial charge < -0.3 is 4.74 Å². The van der Waals surface area contributed by atoms with Crippen LogP contribution in [0.3, 0.4) is 0 Å². The monoisotopic (exact) mass is 264 g/mol. The summed E-state index contributed by atoms with van der Waals surface area (Å²) in [5, 5.41) is 0. The zero-order valence-corrected chi connectivity index (χ0v) is 12.1. The number of hydrogen-bond acceptors (Lipinski definition) is 4. The molecule has 0 radical (unpaired) electrons. The van der Waals surface area contributed by atoms with Gasteiger partial charge in [-0.1, -0.05) is 0 Å². The molecule has 19 heavy (non-hydrogen) atoms. The van der Waals surface area contributed by atoms with E-state index >= 15 is 0 Å². The molecule has 5 nitrogen and oxygen atoms in total. The molecule has 5 heteroatoms. The summed E-state index contributed by atoms with van der Waals surface area (Å²) in [5.41, 5.74) is 0.274. The Kier molecular flexibility index (Phi) is 4.64. The van der Waals surface area contributed by atoms with Crippen LogP contribution in [-0.4, -0.2) is 29.5 Å². The fourth-order valence-electron chi connectivity index (χ4n) is 1.47. The van der Waals surface area contributed by atoms with Crippen LogP contribution in [-0.2, 0) is 16.0 Å². The van der Waals surface area contributed by atoms with Crippen molar-refractivity contribution in [2.45, 2.75) is 39.7 Å². The molecule has 0 spiro atoms. The summed E-state index contributed by atoms with van der Waals surface area (Å²) in [5.74, 6) is 0.532. The van der Waals surface area contributed by atoms with Crippen LogP contribution in [0, 0.1) is 0 Å². The minimum atomic E-state index is -0.553. The van der Waals surface area contributed by atoms with Gasteiger partial charge in [0.1, 0.15) is 17.2 Å². The Bertz CT molecular complexity index is 478. The maximum absolute atomic E-state index is 11.9. The van der Waals surface area contributed by atoms with Gasteiger partial charge in [-0.25, -0.2) is 9.78 Å². The molecule has 1 heterocycles. The number of Topliss-reactive ketones (excluding diaryl/α,β-unsaturated/α-hetero) is 1. The predicted molar refractivity (Wildman–Crippen MR) is 73.3 cm³/mol. The maximum atomic E-state index is 11.9. The molecule has 0 saturated heterocycles. The zero-order chi connectivity index (χ0) is 14.6. The van der Waals surface area contributed by atoms with Crippen LogP contribution in [0.2, 0.25) is 0 Å². The highest BCUT2D eigenvalue weighted by Gasteiger charge is 2.21. The molecule has 0 fully saturated rings. The average molecular weight is 264 g/mol. The maximum Gasteiger partial charge on any atom is 0.415 e. The highest BCUT2D eigenvalue weighted by Crippen LogP contribution is 2.16. The third kappa shape index (κ3) is 5.07. The predicted octanol–water partition coefficient (Wildman–Crippen LogP) is 2.58. The van der Waals surface area contributed by atoms with Crippen molar-refractivity contribution >= 4 is 17.7 Å². The fraction of sp³-hybridized carbons (Fsp3) is 0.500. The van der Waals surface area contributed by atoms with Gasteiger partial charge in [-0.05, 0) is 45.4 Å². The second-order valence-corrected chi connectivity index (χ2v) is 5.44. The molecule has 1 aromatic heterocycles. The first-order valence-electron chi connectivity index (χ1n) is 6.10. The van der Waals surface area contributed by atoms with E-state index in [0.717, 1.165) is 5.56 Å². The Hall–Kier alpha value is -1.91. The van der Waals surface area contributed by atoms with E-state index in [9.17, 15) is 9.59 Å². The third-order valence-corrected chi connectivity index (χ3v) is 2.27. The van der Waals surface area contributed by atoms with Crippen molar-refractivity contribution in [3.05, 3.63) is 23.9 Å². The van der Waals surface area contributed by atoms with Gasteiger partial charge in [0, 0.05) is 19.7 Å². The van der Waals surface area contributed by atoms with E-state index in [-0.39, 0.29) is 5.78 Å². The number of ketones is 1. The van der Waals surface area contributed by atoms with E-state index in [1.54, 1.807) is 46.1 Å². The first-order chi connectivity index (χ1) is 8.69. The number of nitrogens with zero attached hydrogens (tertiary/aromatic N) is 2. The van der Waals surface area contributed by atoms with Crippen LogP contribution in [0.15, 0.2) is 18.3 Å². The number of ether oxygens (including phenoxy) is 1. The van der Waals surface area contributed by atoms with Crippen molar-refractivity contribution in [2.75, 3.05) is 11.9 Å². The second kappa shape index (κ2) is 5.82. The standard InChI is InChI=1S/C14H20N2O3/c1-10(17)8-11-6-7-15-12(9-11)16(5)13(18)19-14(2,3)4/h6-7,9H,8H2,1-5H3. The molecule has 0 bridgehead atoms. The summed E-state index contributed by atoms with van der Waals surface area (Å²) < 4.78 is 5.25. The number of carbonyl (C=O) groups is 2. The molecule has 104 valence electrons. The van der Waals surface area contributed by atoms with Crippen molar-refractivity contribution in [3.8, 4) is 0 Å². The van der Waals surface area contributed by atoms with Crippen molar-refractivity contribution in [1.82, 2.24) is 4.98 Å². The van der Waals surface area contributed by atoms with Gasteiger partial charge in [0.25, 0.3) is 0 Å². The van der Waals surface area contributed by atoms with Gasteiger partial charge in [0.2, 0.25) is 0 Å². The van der Waals surface area contributed by atoms with Crippen LogP contribution in [0.1, 0.15) is 33.3 Å². The number of aromatic nitrogens is 1. The van der Waals surface area contributed by atoms with E-state index in [4.69, 9.17) is 4.74 Å². The van der Waals surface area contributed by atoms with E-state index in [1.165, 1.54) is 11.8 Å². The van der Waals surface area contributed by atoms with Crippen molar-refractivity contribution in [1.29, 1.82) is 0 Å². The van der Waals surface area contributed by atoms with Crippen LogP contribution >= 0.6 is 0 Å². The van der Waals surface area contributed by atoms with E-state index in [0.29, 0.717) is 12.2 Å². The average Bonchev–Trinajstić information content (AvgIpc) is 2.25. The first-order valence-corrected chi connectivity index (χ1v) is 6.10. The molecule has 1 amide bonds. The van der Waals surface area contributed by atoms with E-state index in [1.807, 2.05) is 0 Å². The Morgan fingerprint density at radius 1 is 1.37 bits per heavy atom. The Morgan fingerprint density at radius 3 is 2.53 bits per heavy atom. The molecule has 0 unspecified atom stereocenters. The van der Waals surface area contributed by atoms with Crippen molar-refractivity contribution in [3.63, 3.8) is 0 Å². The molecule has 0 aliphatic rings. The van der Waals surface area contributed by atoms with Crippen LogP contribution < -0.4 is 4.90 Å². The summed E-state index contributed by atoms with van der Waals surface area (Å²) in [4.78, 5) is 28.4. The van der Waals surface area contributed by atoms with Crippen molar-refractivity contribution < 1.29 is 14.3 Å². The lowest BCUT2D eigenvalue weighted by molar-refractivity contribution is -0.116. The SMILES string of the molecule is CC(=O)Cc1ccnc(N(C)C(=O)OC(C)(C)C)c1. The fourth-order valence-corrected chi connectivity index (χ4v) is 1.47. The third-order valence-electron chi connectivity index (χ3n) is 2.27. The number of rotatable bonds is 3. The number of amides is 1. The number of hydrogen-bond donors (Lipinski definition) is 0. The molecular weight excluding hydrogens is 244 g/mol. The Balaban J connectivity index is 2.84. The van der Waals surface area contributed by atoms with Gasteiger partial charge in [0.15, 0.2) is 0 Å². The molecular formula is C14H20N2O3. The van der Waals surface area contributed by atoms with E-state index < -0.39 is 11.7 Å². The molecule has 1 aromatic rings. The largest absolute Gasteiger partial charge is 0.443 e. The summed E-state index contributed by atoms with van der Waals surface area (Å²) in [6.07, 6.45) is 1.44. The highest BCUT2D eigenvalue weighted by molar-refractivity contribution is 5.86. The lowest BCUT2D eigenvalue weighted by atomic mass is 10.1.